The van der Waals surface area contributed by atoms with E-state index in [1.54, 1.807) is 52.0 Å². The molecule has 68 heavy (non-hydrogen) atoms. The summed E-state index contributed by atoms with van der Waals surface area (Å²) < 4.78 is 42.9. The summed E-state index contributed by atoms with van der Waals surface area (Å²) in [7, 11) is 5.28. The van der Waals surface area contributed by atoms with Crippen molar-refractivity contribution in [2.24, 2.45) is 23.7 Å². The number of benzene rings is 3. The Kier molecular flexibility index (Phi) is 15.9. The first-order chi connectivity index (χ1) is 32.1. The Labute approximate surface area is 395 Å². The SMILES string of the molecule is CCCCOc1cc(OCCN(C)C)cc2oc3c4c(O)c5c(=O)c(C)c6c(c5c3nc12)C(=O)[C@@](C)(O/C=C/[C@H](OC)[C@@H](C)[C@@H](OC(C)=O)[C@H](C)[C@H](O)[C@H](C)[C@@H](O)[C@@H](C)/C=C/C=C(/C)C(=O)N4)O6. The van der Waals surface area contributed by atoms with Gasteiger partial charge in [-0.1, -0.05) is 59.3 Å². The van der Waals surface area contributed by atoms with Gasteiger partial charge in [0, 0.05) is 79.8 Å². The van der Waals surface area contributed by atoms with E-state index in [-0.39, 0.29) is 61.1 Å². The minimum absolute atomic E-state index is 0.0256. The monoisotopic (exact) mass is 943 g/mol. The molecule has 368 valence electrons. The van der Waals surface area contributed by atoms with Gasteiger partial charge in [-0.25, -0.2) is 4.98 Å². The molecule has 3 aromatic carbocycles. The number of aliphatic hydroxyl groups excluding tert-OH is 2. The van der Waals surface area contributed by atoms with Gasteiger partial charge in [0.25, 0.3) is 11.7 Å². The predicted molar refractivity (Wildman–Crippen MR) is 256 cm³/mol. The molecule has 6 rings (SSSR count). The van der Waals surface area contributed by atoms with Gasteiger partial charge in [0.05, 0.1) is 42.1 Å². The largest absolute Gasteiger partial charge is 0.505 e. The number of allylic oxidation sites excluding steroid dienone is 2. The van der Waals surface area contributed by atoms with E-state index in [2.05, 4.69) is 5.32 Å². The van der Waals surface area contributed by atoms with Gasteiger partial charge in [0.2, 0.25) is 0 Å². The van der Waals surface area contributed by atoms with E-state index in [1.165, 1.54) is 53.2 Å². The molecule has 4 aromatic rings. The van der Waals surface area contributed by atoms with E-state index in [9.17, 15) is 34.5 Å². The van der Waals surface area contributed by atoms with E-state index < -0.39 is 82.7 Å². The summed E-state index contributed by atoms with van der Waals surface area (Å²) in [5.74, 6) is -6.73. The highest BCUT2D eigenvalue weighted by molar-refractivity contribution is 6.26. The molecule has 1 aromatic heterocycles. The third-order valence-corrected chi connectivity index (χ3v) is 12.9. The van der Waals surface area contributed by atoms with Gasteiger partial charge >= 0.3 is 11.8 Å². The van der Waals surface area contributed by atoms with Crippen molar-refractivity contribution < 1.29 is 62.5 Å². The number of aromatic nitrogens is 1. The van der Waals surface area contributed by atoms with Crippen LogP contribution in [0.1, 0.15) is 84.2 Å². The summed E-state index contributed by atoms with van der Waals surface area (Å²) in [6.07, 6.45) is 5.11. The first-order valence-electron chi connectivity index (χ1n) is 23.0. The van der Waals surface area contributed by atoms with E-state index in [0.717, 1.165) is 12.8 Å². The van der Waals surface area contributed by atoms with E-state index in [1.807, 2.05) is 25.9 Å². The fourth-order valence-corrected chi connectivity index (χ4v) is 8.72. The van der Waals surface area contributed by atoms with Gasteiger partial charge in [-0.05, 0) is 40.4 Å². The summed E-state index contributed by atoms with van der Waals surface area (Å²) in [6, 6.07) is 3.29. The molecule has 17 heteroatoms. The Balaban J connectivity index is 1.63. The number of fused-ring (bicyclic) bond motifs is 2. The van der Waals surface area contributed by atoms with Gasteiger partial charge in [-0.2, -0.15) is 0 Å². The fourth-order valence-electron chi connectivity index (χ4n) is 8.72. The molecule has 0 saturated carbocycles. The van der Waals surface area contributed by atoms with Crippen molar-refractivity contribution >= 4 is 56.3 Å². The molecule has 2 aliphatic rings. The second kappa shape index (κ2) is 21.1. The highest BCUT2D eigenvalue weighted by Gasteiger charge is 2.49. The van der Waals surface area contributed by atoms with E-state index >= 15 is 0 Å². The molecule has 0 radical (unpaired) electrons. The van der Waals surface area contributed by atoms with E-state index in [0.29, 0.717) is 31.3 Å². The van der Waals surface area contributed by atoms with Crippen LogP contribution in [0.4, 0.5) is 5.69 Å². The van der Waals surface area contributed by atoms with Crippen LogP contribution in [0.3, 0.4) is 0 Å². The number of nitrogens with one attached hydrogen (secondary N) is 1. The number of carbonyl (C=O) groups is 3. The molecule has 0 spiro atoms. The van der Waals surface area contributed by atoms with Crippen LogP contribution in [0.2, 0.25) is 0 Å². The molecule has 0 fully saturated rings. The lowest BCUT2D eigenvalue weighted by Gasteiger charge is -2.38. The number of unbranched alkanes of at least 4 members (excludes halogenated alkanes) is 1. The van der Waals surface area contributed by atoms with Crippen LogP contribution in [0, 0.1) is 30.6 Å². The Morgan fingerprint density at radius 3 is 2.34 bits per heavy atom. The maximum absolute atomic E-state index is 14.9. The number of aromatic hydroxyl groups is 1. The van der Waals surface area contributed by atoms with Crippen molar-refractivity contribution in [1.82, 2.24) is 9.88 Å². The standard InChI is InChI=1S/C51H65N3O14/c1-13-14-20-64-34-23-32(63-22-19-54(10)11)24-35-39(34)52-40-36-37-44(58)30(7)47-38(36)49(60)51(9,68-47)65-21-18-33(62-12)27(4)46(66-31(8)55)29(6)43(57)28(5)42(56)25(2)16-15-17-26(3)50(61)53-41(45(37)59)48(40)67-35/h15-18,21,23-25,27-29,33,42-43,46,56-57,59H,13-14,19-20,22H2,1-12H3,(H,53,61)/b16-15+,21-18+,26-17-/t25-,27+,28+,29+,33-,42-,43+,46+,51-/m0/s1. The van der Waals surface area contributed by atoms with Crippen LogP contribution in [0.15, 0.2) is 57.5 Å². The van der Waals surface area contributed by atoms with Gasteiger partial charge in [0.15, 0.2) is 28.1 Å². The summed E-state index contributed by atoms with van der Waals surface area (Å²) in [5, 5.41) is 37.6. The highest BCUT2D eigenvalue weighted by atomic mass is 16.7. The van der Waals surface area contributed by atoms with E-state index in [4.69, 9.17) is 37.8 Å². The molecule has 2 aliphatic heterocycles. The normalized spacial score (nSPS) is 27.7. The number of anilines is 1. The summed E-state index contributed by atoms with van der Waals surface area (Å²) >= 11 is 0. The Bertz CT molecular complexity index is 2720. The lowest BCUT2D eigenvalue weighted by molar-refractivity contribution is -0.160. The van der Waals surface area contributed by atoms with Crippen LogP contribution >= 0.6 is 0 Å². The zero-order valence-corrected chi connectivity index (χ0v) is 40.9. The second-order valence-corrected chi connectivity index (χ2v) is 18.3. The number of rotatable bonds is 10. The number of likely N-dealkylation sites (N-methyl/N-ethyl adjacent to an activating group) is 1. The quantitative estimate of drug-likeness (QED) is 0.0408. The fraction of sp³-hybridized carbons (Fsp3) is 0.510. The minimum atomic E-state index is -2.08. The molecule has 1 amide bonds. The molecule has 0 aliphatic carbocycles. The van der Waals surface area contributed by atoms with Crippen molar-refractivity contribution in [2.75, 3.05) is 46.3 Å². The maximum Gasteiger partial charge on any atom is 0.312 e. The molecular formula is C51H65N3O14. The Morgan fingerprint density at radius 1 is 0.956 bits per heavy atom. The average Bonchev–Trinajstić information content (AvgIpc) is 3.56. The number of ether oxygens (including phenoxy) is 6. The lowest BCUT2D eigenvalue weighted by Crippen LogP contribution is -2.46. The zero-order valence-electron chi connectivity index (χ0n) is 40.9. The zero-order chi connectivity index (χ0) is 49.9. The lowest BCUT2D eigenvalue weighted by atomic mass is 9.78. The van der Waals surface area contributed by atoms with Gasteiger partial charge in [0.1, 0.15) is 40.9 Å². The molecule has 4 N–H and O–H groups in total. The first kappa shape index (κ1) is 51.4. The highest BCUT2D eigenvalue weighted by Crippen LogP contribution is 2.49. The van der Waals surface area contributed by atoms with Crippen LogP contribution in [0.5, 0.6) is 23.0 Å². The number of hydrogen-bond acceptors (Lipinski definition) is 16. The van der Waals surface area contributed by atoms with Gasteiger partial charge in [-0.3, -0.25) is 19.2 Å². The topological polar surface area (TPSA) is 226 Å². The van der Waals surface area contributed by atoms with Crippen molar-refractivity contribution in [3.8, 4) is 23.0 Å². The second-order valence-electron chi connectivity index (χ2n) is 18.3. The van der Waals surface area contributed by atoms with Gasteiger partial charge < -0.3 is 58.4 Å². The Morgan fingerprint density at radius 2 is 1.68 bits per heavy atom. The number of Topliss-reactive ketones (excluding diaryl/α,β-unsaturated/α-hetero) is 1. The summed E-state index contributed by atoms with van der Waals surface area (Å²) in [4.78, 5) is 63.0. The molecule has 0 unspecified atom stereocenters. The predicted octanol–water partition coefficient (Wildman–Crippen LogP) is 7.12. The smallest absolute Gasteiger partial charge is 0.312 e. The van der Waals surface area contributed by atoms with Crippen molar-refractivity contribution in [3.05, 3.63) is 69.6 Å². The van der Waals surface area contributed by atoms with Crippen molar-refractivity contribution in [2.45, 2.75) is 105 Å². The maximum atomic E-state index is 14.9. The van der Waals surface area contributed by atoms with Crippen LogP contribution < -0.4 is 25.0 Å². The number of amides is 1. The molecule has 9 atom stereocenters. The number of aliphatic hydroxyl groups is 2. The van der Waals surface area contributed by atoms with Crippen LogP contribution in [-0.4, -0.2) is 114 Å². The number of phenols is 1. The molecule has 4 bridgehead atoms. The van der Waals surface area contributed by atoms with Crippen LogP contribution in [-0.2, 0) is 23.8 Å². The van der Waals surface area contributed by atoms with Crippen molar-refractivity contribution in [3.63, 3.8) is 0 Å². The van der Waals surface area contributed by atoms with Crippen molar-refractivity contribution in [1.29, 1.82) is 0 Å². The van der Waals surface area contributed by atoms with Gasteiger partial charge in [-0.15, -0.1) is 0 Å². The number of hydrogen-bond donors (Lipinski definition) is 4. The Hall–Kier alpha value is -6.01. The van der Waals surface area contributed by atoms with Crippen LogP contribution in [0.25, 0.3) is 33.0 Å². The average molecular weight is 944 g/mol. The number of phenolic OH excluding ortho intramolecular Hbond substituents is 1. The molecule has 3 heterocycles. The number of nitrogens with zero attached hydrogens (tertiary/aromatic N) is 2. The number of carbonyl (C=O) groups excluding carboxylic acids is 3. The first-order valence-corrected chi connectivity index (χ1v) is 23.0. The molecule has 17 nitrogen and oxygen atoms in total. The molecular weight excluding hydrogens is 879 g/mol. The number of methoxy groups -OCH3 is 1. The number of ketones is 1. The third kappa shape index (κ3) is 10.2. The molecule has 0 saturated heterocycles. The number of esters is 1. The summed E-state index contributed by atoms with van der Waals surface area (Å²) in [5.41, 5.74) is -0.879. The summed E-state index contributed by atoms with van der Waals surface area (Å²) in [6.45, 7) is 15.8. The minimum Gasteiger partial charge on any atom is -0.505 e. The third-order valence-electron chi connectivity index (χ3n) is 12.9.